The number of hydrogen-bond acceptors (Lipinski definition) is 5. The molecular weight excluding hydrogens is 330 g/mol. The van der Waals surface area contributed by atoms with Crippen molar-refractivity contribution in [3.05, 3.63) is 23.2 Å². The second-order valence-corrected chi connectivity index (χ2v) is 5.69. The molecule has 0 spiro atoms. The number of thioether (sulfide) groups is 1. The molecule has 0 radical (unpaired) electrons. The molecule has 1 aromatic rings. The zero-order valence-corrected chi connectivity index (χ0v) is 13.3. The van der Waals surface area contributed by atoms with Gasteiger partial charge in [0.2, 0.25) is 5.91 Å². The van der Waals surface area contributed by atoms with Crippen LogP contribution in [0.3, 0.4) is 0 Å². The van der Waals surface area contributed by atoms with Crippen LogP contribution >= 0.6 is 23.4 Å². The number of imide groups is 1. The highest BCUT2D eigenvalue weighted by Crippen LogP contribution is 2.27. The summed E-state index contributed by atoms with van der Waals surface area (Å²) in [4.78, 5) is 35.7. The first-order chi connectivity index (χ1) is 10.5. The van der Waals surface area contributed by atoms with E-state index in [2.05, 4.69) is 10.6 Å². The van der Waals surface area contributed by atoms with E-state index in [1.165, 1.54) is 7.11 Å². The Morgan fingerprint density at radius 3 is 2.86 bits per heavy atom. The number of nitrogens with zero attached hydrogens (tertiary/aromatic N) is 1. The van der Waals surface area contributed by atoms with Crippen LogP contribution in [0.15, 0.2) is 18.2 Å². The standard InChI is InChI=1S/C13H14ClN3O4S/c1-21-10-3-2-8(14)6-9(10)16-12(19)15-4-5-17-11(18)7-22-13(17)20/h2-3,6H,4-5,7H2,1H3,(H2,15,16,19). The number of urea groups is 1. The lowest BCUT2D eigenvalue weighted by atomic mass is 10.3. The zero-order valence-electron chi connectivity index (χ0n) is 11.7. The second kappa shape index (κ2) is 7.37. The molecule has 118 valence electrons. The predicted molar refractivity (Wildman–Crippen MR) is 84.6 cm³/mol. The lowest BCUT2D eigenvalue weighted by Crippen LogP contribution is -2.39. The maximum Gasteiger partial charge on any atom is 0.319 e. The maximum atomic E-state index is 11.8. The summed E-state index contributed by atoms with van der Waals surface area (Å²) in [6.45, 7) is 0.303. The minimum absolute atomic E-state index is 0.144. The van der Waals surface area contributed by atoms with E-state index < -0.39 is 6.03 Å². The Morgan fingerprint density at radius 2 is 2.23 bits per heavy atom. The van der Waals surface area contributed by atoms with Gasteiger partial charge in [-0.1, -0.05) is 23.4 Å². The lowest BCUT2D eigenvalue weighted by Gasteiger charge is -2.14. The number of carbonyl (C=O) groups is 3. The summed E-state index contributed by atoms with van der Waals surface area (Å²) in [6.07, 6.45) is 0. The first-order valence-electron chi connectivity index (χ1n) is 6.37. The Morgan fingerprint density at radius 1 is 1.45 bits per heavy atom. The van der Waals surface area contributed by atoms with Crippen molar-refractivity contribution >= 4 is 46.2 Å². The molecule has 1 saturated heterocycles. The number of methoxy groups -OCH3 is 1. The van der Waals surface area contributed by atoms with Crippen LogP contribution in [0.1, 0.15) is 0 Å². The molecule has 22 heavy (non-hydrogen) atoms. The molecule has 1 aliphatic rings. The van der Waals surface area contributed by atoms with Crippen LogP contribution in [0, 0.1) is 0 Å². The molecule has 1 heterocycles. The molecule has 4 amide bonds. The number of nitrogens with one attached hydrogen (secondary N) is 2. The van der Waals surface area contributed by atoms with Crippen LogP contribution in [0.2, 0.25) is 5.02 Å². The van der Waals surface area contributed by atoms with E-state index in [0.717, 1.165) is 16.7 Å². The van der Waals surface area contributed by atoms with Crippen LogP contribution in [0.5, 0.6) is 5.75 Å². The van der Waals surface area contributed by atoms with E-state index in [9.17, 15) is 14.4 Å². The van der Waals surface area contributed by atoms with Crippen LogP contribution in [-0.4, -0.2) is 48.0 Å². The molecular formula is C13H14ClN3O4S. The molecule has 0 aliphatic carbocycles. The molecule has 2 N–H and O–H groups in total. The third-order valence-corrected chi connectivity index (χ3v) is 3.96. The maximum absolute atomic E-state index is 11.8. The van der Waals surface area contributed by atoms with Crippen molar-refractivity contribution in [1.82, 2.24) is 10.2 Å². The van der Waals surface area contributed by atoms with Gasteiger partial charge in [-0.2, -0.15) is 0 Å². The van der Waals surface area contributed by atoms with Crippen molar-refractivity contribution < 1.29 is 19.1 Å². The van der Waals surface area contributed by atoms with Crippen LogP contribution in [0.25, 0.3) is 0 Å². The summed E-state index contributed by atoms with van der Waals surface area (Å²) in [6, 6.07) is 4.36. The average molecular weight is 344 g/mol. The van der Waals surface area contributed by atoms with E-state index >= 15 is 0 Å². The topological polar surface area (TPSA) is 87.7 Å². The zero-order chi connectivity index (χ0) is 16.1. The Hall–Kier alpha value is -1.93. The van der Waals surface area contributed by atoms with E-state index in [0.29, 0.717) is 16.5 Å². The monoisotopic (exact) mass is 343 g/mol. The fraction of sp³-hybridized carbons (Fsp3) is 0.308. The summed E-state index contributed by atoms with van der Waals surface area (Å²) < 4.78 is 5.11. The molecule has 9 heteroatoms. The summed E-state index contributed by atoms with van der Waals surface area (Å²) in [5.41, 5.74) is 0.427. The van der Waals surface area contributed by atoms with Crippen LogP contribution in [0.4, 0.5) is 15.3 Å². The molecule has 1 fully saturated rings. The van der Waals surface area contributed by atoms with Gasteiger partial charge in [0, 0.05) is 18.1 Å². The highest BCUT2D eigenvalue weighted by molar-refractivity contribution is 8.14. The average Bonchev–Trinajstić information content (AvgIpc) is 2.79. The number of amides is 4. The van der Waals surface area contributed by atoms with Gasteiger partial charge in [0.05, 0.1) is 18.6 Å². The summed E-state index contributed by atoms with van der Waals surface area (Å²) in [7, 11) is 1.48. The third-order valence-electron chi connectivity index (χ3n) is 2.87. The van der Waals surface area contributed by atoms with Crippen molar-refractivity contribution in [3.63, 3.8) is 0 Å². The largest absolute Gasteiger partial charge is 0.495 e. The number of hydrogen-bond donors (Lipinski definition) is 2. The van der Waals surface area contributed by atoms with Gasteiger partial charge in [0.15, 0.2) is 0 Å². The first-order valence-corrected chi connectivity index (χ1v) is 7.73. The number of rotatable bonds is 5. The fourth-order valence-electron chi connectivity index (χ4n) is 1.82. The van der Waals surface area contributed by atoms with Gasteiger partial charge in [-0.15, -0.1) is 0 Å². The smallest absolute Gasteiger partial charge is 0.319 e. The van der Waals surface area contributed by atoms with E-state index in [1.54, 1.807) is 18.2 Å². The van der Waals surface area contributed by atoms with Crippen LogP contribution in [-0.2, 0) is 4.79 Å². The van der Waals surface area contributed by atoms with Crippen molar-refractivity contribution in [3.8, 4) is 5.75 Å². The predicted octanol–water partition coefficient (Wildman–Crippen LogP) is 2.17. The van der Waals surface area contributed by atoms with Crippen molar-refractivity contribution in [1.29, 1.82) is 0 Å². The van der Waals surface area contributed by atoms with Gasteiger partial charge in [0.1, 0.15) is 5.75 Å². The van der Waals surface area contributed by atoms with Gasteiger partial charge in [-0.05, 0) is 18.2 Å². The van der Waals surface area contributed by atoms with Gasteiger partial charge >= 0.3 is 6.03 Å². The minimum atomic E-state index is -0.479. The van der Waals surface area contributed by atoms with Crippen molar-refractivity contribution in [2.75, 3.05) is 31.3 Å². The molecule has 2 rings (SSSR count). The third kappa shape index (κ3) is 4.05. The van der Waals surface area contributed by atoms with Gasteiger partial charge in [-0.3, -0.25) is 14.5 Å². The number of benzene rings is 1. The fourth-order valence-corrected chi connectivity index (χ4v) is 2.75. The molecule has 0 atom stereocenters. The van der Waals surface area contributed by atoms with Crippen LogP contribution < -0.4 is 15.4 Å². The molecule has 7 nitrogen and oxygen atoms in total. The highest BCUT2D eigenvalue weighted by Gasteiger charge is 2.29. The van der Waals surface area contributed by atoms with Crippen molar-refractivity contribution in [2.45, 2.75) is 0 Å². The molecule has 1 aromatic carbocycles. The number of anilines is 1. The Labute approximate surface area is 136 Å². The molecule has 0 saturated carbocycles. The number of ether oxygens (including phenoxy) is 1. The van der Waals surface area contributed by atoms with E-state index in [4.69, 9.17) is 16.3 Å². The summed E-state index contributed by atoms with van der Waals surface area (Å²) in [5, 5.41) is 5.33. The van der Waals surface area contributed by atoms with E-state index in [-0.39, 0.29) is 30.0 Å². The molecule has 0 aromatic heterocycles. The normalized spacial score (nSPS) is 14.2. The second-order valence-electron chi connectivity index (χ2n) is 4.33. The molecule has 1 aliphatic heterocycles. The Kier molecular flexibility index (Phi) is 5.51. The van der Waals surface area contributed by atoms with Crippen molar-refractivity contribution in [2.24, 2.45) is 0 Å². The Bertz CT molecular complexity index is 595. The van der Waals surface area contributed by atoms with Gasteiger partial charge in [-0.25, -0.2) is 4.79 Å². The molecule has 0 bridgehead atoms. The summed E-state index contributed by atoms with van der Waals surface area (Å²) in [5.74, 6) is 0.389. The quantitative estimate of drug-likeness (QED) is 0.855. The van der Waals surface area contributed by atoms with E-state index in [1.807, 2.05) is 0 Å². The van der Waals surface area contributed by atoms with Gasteiger partial charge < -0.3 is 15.4 Å². The van der Waals surface area contributed by atoms with Gasteiger partial charge in [0.25, 0.3) is 5.24 Å². The highest BCUT2D eigenvalue weighted by atomic mass is 35.5. The molecule has 0 unspecified atom stereocenters. The summed E-state index contributed by atoms with van der Waals surface area (Å²) >= 11 is 6.83. The Balaban J connectivity index is 1.84. The first kappa shape index (κ1) is 16.4. The lowest BCUT2D eigenvalue weighted by molar-refractivity contribution is -0.124. The minimum Gasteiger partial charge on any atom is -0.495 e. The number of halogens is 1. The SMILES string of the molecule is COc1ccc(Cl)cc1NC(=O)NCCN1C(=O)CSC1=O. The number of carbonyl (C=O) groups excluding carboxylic acids is 3.